The molecule has 4 rings (SSSR count). The third-order valence-corrected chi connectivity index (χ3v) is 8.77. The van der Waals surface area contributed by atoms with Crippen molar-refractivity contribution in [2.24, 2.45) is 0 Å². The molecule has 3 aromatic rings. The Labute approximate surface area is 283 Å². The third kappa shape index (κ3) is 9.32. The van der Waals surface area contributed by atoms with Crippen LogP contribution in [0.5, 0.6) is 5.75 Å². The highest BCUT2D eigenvalue weighted by molar-refractivity contribution is 7.89. The van der Waals surface area contributed by atoms with Crippen molar-refractivity contribution in [1.29, 1.82) is 0 Å². The predicted molar refractivity (Wildman–Crippen MR) is 176 cm³/mol. The number of carbonyl (C=O) groups is 3. The lowest BCUT2D eigenvalue weighted by molar-refractivity contribution is -0.157. The summed E-state index contributed by atoms with van der Waals surface area (Å²) >= 11 is 0. The minimum atomic E-state index is -4.21. The van der Waals surface area contributed by atoms with Gasteiger partial charge in [-0.3, -0.25) is 4.79 Å². The molecule has 3 aromatic carbocycles. The highest BCUT2D eigenvalue weighted by Crippen LogP contribution is 2.40. The molecule has 0 spiro atoms. The molecule has 252 valence electrons. The number of carbonyl (C=O) groups excluding carboxylic acids is 3. The fourth-order valence-electron chi connectivity index (χ4n) is 4.80. The molecule has 1 fully saturated rings. The van der Waals surface area contributed by atoms with Crippen LogP contribution in [-0.2, 0) is 41.1 Å². The summed E-state index contributed by atoms with van der Waals surface area (Å²) in [6.45, 7) is 9.30. The van der Waals surface area contributed by atoms with Gasteiger partial charge >= 0.3 is 12.1 Å². The van der Waals surface area contributed by atoms with Crippen molar-refractivity contribution in [3.63, 3.8) is 0 Å². The number of rotatable bonds is 12. The Kier molecular flexibility index (Phi) is 8.91. The van der Waals surface area contributed by atoms with Gasteiger partial charge in [0.1, 0.15) is 17.4 Å². The van der Waals surface area contributed by atoms with Gasteiger partial charge in [0, 0.05) is 12.5 Å². The molecule has 2 amide bonds. The molecule has 1 aliphatic rings. The fraction of sp³-hybridized carbons (Fsp3) is 0.400. The SMILES string of the molecule is [2H]c1c([2H])c([2H])c(OC2(c3ccccc3)CN(S(=O)(=O)c3cccc(C[C@H](NC(=O)OC(C)(C)C)C(=O)OC(C)C(=O)NC(C)C)c3)C2)c([2H])c1[2H]. The molecule has 12 heteroatoms. The van der Waals surface area contributed by atoms with Crippen LogP contribution in [0.4, 0.5) is 4.79 Å². The zero-order valence-corrected chi connectivity index (χ0v) is 28.0. The van der Waals surface area contributed by atoms with Crippen molar-refractivity contribution in [2.45, 2.75) is 82.2 Å². The summed E-state index contributed by atoms with van der Waals surface area (Å²) in [6.07, 6.45) is -2.33. The molecular weight excluding hydrogens is 622 g/mol. The molecule has 0 bridgehead atoms. The quantitative estimate of drug-likeness (QED) is 0.268. The standard InChI is InChI=1S/C35H43N3O8S/c1-24(2)36-31(39)25(3)44-32(40)30(37-33(41)46-34(4,5)6)21-26-14-13-19-29(20-26)47(42,43)38-22-35(23-38,27-15-9-7-10-16-27)45-28-17-11-8-12-18-28/h7-20,24-25,30H,21-23H2,1-6H3,(H,36,39)(H,37,41)/t25?,30-/m0/s1/i8D,11D,12D,17D,18D. The van der Waals surface area contributed by atoms with Crippen molar-refractivity contribution in [3.05, 3.63) is 95.9 Å². The molecule has 1 aliphatic heterocycles. The normalized spacial score (nSPS) is 17.4. The number of nitrogens with one attached hydrogen (secondary N) is 2. The zero-order chi connectivity index (χ0) is 38.8. The van der Waals surface area contributed by atoms with Crippen molar-refractivity contribution in [2.75, 3.05) is 13.1 Å². The Morgan fingerprint density at radius 3 is 2.23 bits per heavy atom. The molecule has 0 aromatic heterocycles. The van der Waals surface area contributed by atoms with Gasteiger partial charge in [0.25, 0.3) is 5.91 Å². The number of hydrogen-bond acceptors (Lipinski definition) is 8. The first-order chi connectivity index (χ1) is 24.1. The second kappa shape index (κ2) is 14.6. The van der Waals surface area contributed by atoms with Crippen LogP contribution in [0.2, 0.25) is 0 Å². The van der Waals surface area contributed by atoms with E-state index in [-0.39, 0.29) is 30.4 Å². The van der Waals surface area contributed by atoms with E-state index in [0.717, 1.165) is 4.31 Å². The molecule has 1 saturated heterocycles. The molecule has 2 N–H and O–H groups in total. The Morgan fingerprint density at radius 1 is 0.957 bits per heavy atom. The van der Waals surface area contributed by atoms with Crippen molar-refractivity contribution in [1.82, 2.24) is 14.9 Å². The van der Waals surface area contributed by atoms with Crippen molar-refractivity contribution in [3.8, 4) is 5.75 Å². The number of amides is 2. The average molecular weight is 671 g/mol. The topological polar surface area (TPSA) is 140 Å². The van der Waals surface area contributed by atoms with Crippen LogP contribution in [0.1, 0.15) is 59.5 Å². The average Bonchev–Trinajstić information content (AvgIpc) is 3.04. The summed E-state index contributed by atoms with van der Waals surface area (Å²) < 4.78 is 86.6. The Morgan fingerprint density at radius 2 is 1.62 bits per heavy atom. The minimum absolute atomic E-state index is 0.136. The van der Waals surface area contributed by atoms with Gasteiger partial charge in [-0.05, 0) is 76.9 Å². The number of nitrogens with zero attached hydrogens (tertiary/aromatic N) is 1. The van der Waals surface area contributed by atoms with Crippen LogP contribution in [0.25, 0.3) is 0 Å². The lowest BCUT2D eigenvalue weighted by Crippen LogP contribution is -2.64. The highest BCUT2D eigenvalue weighted by atomic mass is 32.2. The molecule has 11 nitrogen and oxygen atoms in total. The molecule has 47 heavy (non-hydrogen) atoms. The molecule has 1 heterocycles. The zero-order valence-electron chi connectivity index (χ0n) is 32.2. The van der Waals surface area contributed by atoms with Crippen LogP contribution in [-0.4, -0.2) is 67.6 Å². The first kappa shape index (κ1) is 28.8. The van der Waals surface area contributed by atoms with Gasteiger partial charge in [-0.15, -0.1) is 0 Å². The van der Waals surface area contributed by atoms with E-state index in [1.54, 1.807) is 71.0 Å². The number of hydrogen-bond donors (Lipinski definition) is 2. The first-order valence-corrected chi connectivity index (χ1v) is 16.5. The lowest BCUT2D eigenvalue weighted by atomic mass is 9.87. The first-order valence-electron chi connectivity index (χ1n) is 17.6. The molecular formula is C35H43N3O8S. The fourth-order valence-corrected chi connectivity index (χ4v) is 6.40. The van der Waals surface area contributed by atoms with Crippen LogP contribution in [0, 0.1) is 0 Å². The summed E-state index contributed by atoms with van der Waals surface area (Å²) in [5, 5.41) is 5.11. The van der Waals surface area contributed by atoms with Gasteiger partial charge in [-0.2, -0.15) is 4.31 Å². The Balaban J connectivity index is 1.60. The van der Waals surface area contributed by atoms with Gasteiger partial charge in [0.05, 0.1) is 24.8 Å². The van der Waals surface area contributed by atoms with Gasteiger partial charge in [-0.25, -0.2) is 18.0 Å². The van der Waals surface area contributed by atoms with Crippen LogP contribution in [0.3, 0.4) is 0 Å². The molecule has 0 aliphatic carbocycles. The predicted octanol–water partition coefficient (Wildman–Crippen LogP) is 4.56. The van der Waals surface area contributed by atoms with Crippen LogP contribution < -0.4 is 15.4 Å². The van der Waals surface area contributed by atoms with Gasteiger partial charge in [-0.1, -0.05) is 60.6 Å². The van der Waals surface area contributed by atoms with E-state index in [9.17, 15) is 22.8 Å². The second-order valence-corrected chi connectivity index (χ2v) is 14.4. The summed E-state index contributed by atoms with van der Waals surface area (Å²) in [6, 6.07) is 9.89. The van der Waals surface area contributed by atoms with E-state index in [1.807, 2.05) is 0 Å². The number of ether oxygens (including phenoxy) is 3. The highest BCUT2D eigenvalue weighted by Gasteiger charge is 2.52. The van der Waals surface area contributed by atoms with E-state index in [4.69, 9.17) is 21.1 Å². The van der Waals surface area contributed by atoms with Crippen molar-refractivity contribution >= 4 is 28.0 Å². The maximum Gasteiger partial charge on any atom is 0.408 e. The van der Waals surface area contributed by atoms with Crippen LogP contribution in [0.15, 0.2) is 89.7 Å². The van der Waals surface area contributed by atoms with Gasteiger partial charge in [0.15, 0.2) is 11.7 Å². The number of para-hydroxylation sites is 1. The summed E-state index contributed by atoms with van der Waals surface area (Å²) in [4.78, 5) is 38.3. The van der Waals surface area contributed by atoms with E-state index in [0.29, 0.717) is 11.1 Å². The largest absolute Gasteiger partial charge is 0.480 e. The monoisotopic (exact) mass is 670 g/mol. The molecule has 0 radical (unpaired) electrons. The summed E-state index contributed by atoms with van der Waals surface area (Å²) in [5.74, 6) is -1.88. The van der Waals surface area contributed by atoms with Gasteiger partial charge < -0.3 is 24.8 Å². The van der Waals surface area contributed by atoms with Crippen molar-refractivity contribution < 1.29 is 43.9 Å². The number of esters is 1. The molecule has 1 unspecified atom stereocenters. The summed E-state index contributed by atoms with van der Waals surface area (Å²) in [7, 11) is -4.21. The summed E-state index contributed by atoms with van der Waals surface area (Å²) in [5.41, 5.74) is -1.41. The van der Waals surface area contributed by atoms with E-state index in [2.05, 4.69) is 10.6 Å². The smallest absolute Gasteiger partial charge is 0.408 e. The lowest BCUT2D eigenvalue weighted by Gasteiger charge is -2.48. The molecule has 0 saturated carbocycles. The molecule has 2 atom stereocenters. The van der Waals surface area contributed by atoms with E-state index >= 15 is 0 Å². The Bertz CT molecular complexity index is 1910. The number of sulfonamides is 1. The van der Waals surface area contributed by atoms with Crippen LogP contribution >= 0.6 is 0 Å². The Hall–Kier alpha value is -4.42. The third-order valence-electron chi connectivity index (χ3n) is 6.98. The maximum atomic E-state index is 14.0. The minimum Gasteiger partial charge on any atom is -0.480 e. The maximum absolute atomic E-state index is 14.0. The van der Waals surface area contributed by atoms with E-state index < -0.39 is 87.3 Å². The van der Waals surface area contributed by atoms with E-state index in [1.165, 1.54) is 25.1 Å². The number of alkyl carbamates (subject to hydrolysis) is 1. The second-order valence-electron chi connectivity index (χ2n) is 12.5. The number of benzene rings is 3. The van der Waals surface area contributed by atoms with Gasteiger partial charge in [0.2, 0.25) is 10.0 Å².